The third kappa shape index (κ3) is 5.03. The Morgan fingerprint density at radius 1 is 1.06 bits per heavy atom. The molecule has 2 bridgehead atoms. The first-order valence-corrected chi connectivity index (χ1v) is 12.5. The van der Waals surface area contributed by atoms with Crippen molar-refractivity contribution in [1.82, 2.24) is 14.9 Å². The van der Waals surface area contributed by atoms with Crippen LogP contribution < -0.4 is 5.73 Å². The average Bonchev–Trinajstić information content (AvgIpc) is 3.05. The zero-order valence-electron chi connectivity index (χ0n) is 17.8. The number of nitrogens with zero attached hydrogens (tertiary/aromatic N) is 3. The Bertz CT molecular complexity index is 1120. The maximum absolute atomic E-state index is 14.0. The molecule has 2 saturated heterocycles. The lowest BCUT2D eigenvalue weighted by atomic mass is 9.82. The Hall–Kier alpha value is -2.53. The SMILES string of the molecule is N[C@H](Cc1cc(F)c(F)cc1F)C1C[C@H]2CC[C@@H](C1)N2C(=O)CCS(=O)(=O)c1ncccn1. The summed E-state index contributed by atoms with van der Waals surface area (Å²) in [4.78, 5) is 22.2. The summed E-state index contributed by atoms with van der Waals surface area (Å²) < 4.78 is 65.5. The van der Waals surface area contributed by atoms with Crippen LogP contribution in [0.4, 0.5) is 13.2 Å². The number of nitrogens with two attached hydrogens (primary N) is 1. The van der Waals surface area contributed by atoms with Crippen LogP contribution in [0.2, 0.25) is 0 Å². The summed E-state index contributed by atoms with van der Waals surface area (Å²) in [6.45, 7) is 0. The molecular weight excluding hydrogens is 457 g/mol. The van der Waals surface area contributed by atoms with E-state index >= 15 is 0 Å². The second kappa shape index (κ2) is 9.38. The zero-order valence-corrected chi connectivity index (χ0v) is 18.6. The van der Waals surface area contributed by atoms with Gasteiger partial charge in [0, 0.05) is 43.0 Å². The molecule has 0 radical (unpaired) electrons. The average molecular weight is 483 g/mol. The highest BCUT2D eigenvalue weighted by Crippen LogP contribution is 2.40. The first kappa shape index (κ1) is 23.6. The summed E-state index contributed by atoms with van der Waals surface area (Å²) in [6, 6.07) is 2.26. The lowest BCUT2D eigenvalue weighted by Gasteiger charge is -2.41. The molecule has 0 spiro atoms. The standard InChI is InChI=1S/C22H25F3N4O3S/c23-17-12-19(25)18(24)10-13(17)11-20(26)14-8-15-2-3-16(9-14)29(15)21(30)4-7-33(31,32)22-27-5-1-6-28-22/h1,5-6,10,12,14-16,20H,2-4,7-9,11,26H2/t14?,15-,16+,20-/m1/s1. The van der Waals surface area contributed by atoms with Gasteiger partial charge in [-0.25, -0.2) is 31.6 Å². The summed E-state index contributed by atoms with van der Waals surface area (Å²) in [7, 11) is -3.76. The monoisotopic (exact) mass is 482 g/mol. The van der Waals surface area contributed by atoms with E-state index in [1.807, 2.05) is 0 Å². The molecule has 1 aromatic carbocycles. The van der Waals surface area contributed by atoms with E-state index in [9.17, 15) is 26.4 Å². The van der Waals surface area contributed by atoms with Crippen LogP contribution in [-0.4, -0.2) is 53.1 Å². The molecule has 11 heteroatoms. The second-order valence-corrected chi connectivity index (χ2v) is 10.7. The molecule has 1 aromatic heterocycles. The largest absolute Gasteiger partial charge is 0.337 e. The minimum atomic E-state index is -3.76. The lowest BCUT2D eigenvalue weighted by Crippen LogP contribution is -2.50. The fourth-order valence-electron chi connectivity index (χ4n) is 5.00. The van der Waals surface area contributed by atoms with Gasteiger partial charge in [-0.1, -0.05) is 0 Å². The summed E-state index contributed by atoms with van der Waals surface area (Å²) >= 11 is 0. The Morgan fingerprint density at radius 2 is 1.67 bits per heavy atom. The van der Waals surface area contributed by atoms with Gasteiger partial charge in [0.1, 0.15) is 5.82 Å². The molecule has 33 heavy (non-hydrogen) atoms. The van der Waals surface area contributed by atoms with E-state index in [1.165, 1.54) is 18.5 Å². The Balaban J connectivity index is 1.37. The van der Waals surface area contributed by atoms with Crippen LogP contribution >= 0.6 is 0 Å². The lowest BCUT2D eigenvalue weighted by molar-refractivity contribution is -0.136. The molecule has 1 amide bonds. The van der Waals surface area contributed by atoms with Crippen LogP contribution in [0.5, 0.6) is 0 Å². The van der Waals surface area contributed by atoms with Crippen LogP contribution in [0, 0.1) is 23.4 Å². The van der Waals surface area contributed by atoms with Gasteiger partial charge in [0.05, 0.1) is 5.75 Å². The topological polar surface area (TPSA) is 106 Å². The number of hydrogen-bond donors (Lipinski definition) is 1. The molecule has 4 atom stereocenters. The van der Waals surface area contributed by atoms with E-state index in [2.05, 4.69) is 9.97 Å². The quantitative estimate of drug-likeness (QED) is 0.480. The zero-order chi connectivity index (χ0) is 23.8. The van der Waals surface area contributed by atoms with Gasteiger partial charge in [0.15, 0.2) is 11.6 Å². The second-order valence-electron chi connectivity index (χ2n) is 8.74. The van der Waals surface area contributed by atoms with Gasteiger partial charge in [0.25, 0.3) is 0 Å². The van der Waals surface area contributed by atoms with Crippen LogP contribution in [0.15, 0.2) is 35.7 Å². The summed E-state index contributed by atoms with van der Waals surface area (Å²) in [5, 5.41) is -0.296. The van der Waals surface area contributed by atoms with Gasteiger partial charge in [-0.15, -0.1) is 0 Å². The van der Waals surface area contributed by atoms with Crippen molar-refractivity contribution in [3.63, 3.8) is 0 Å². The smallest absolute Gasteiger partial charge is 0.247 e. The van der Waals surface area contributed by atoms with Crippen molar-refractivity contribution >= 4 is 15.7 Å². The van der Waals surface area contributed by atoms with Crippen molar-refractivity contribution in [2.45, 2.75) is 61.8 Å². The van der Waals surface area contributed by atoms with E-state index in [4.69, 9.17) is 5.73 Å². The number of piperidine rings is 1. The third-order valence-corrected chi connectivity index (χ3v) is 8.12. The molecule has 0 aliphatic carbocycles. The molecular formula is C22H25F3N4O3S. The molecule has 1 unspecified atom stereocenters. The van der Waals surface area contributed by atoms with E-state index < -0.39 is 33.3 Å². The van der Waals surface area contributed by atoms with Crippen molar-refractivity contribution in [1.29, 1.82) is 0 Å². The van der Waals surface area contributed by atoms with Gasteiger partial charge >= 0.3 is 0 Å². The molecule has 2 aliphatic heterocycles. The fourth-order valence-corrected chi connectivity index (χ4v) is 6.07. The van der Waals surface area contributed by atoms with Crippen molar-refractivity contribution in [3.8, 4) is 0 Å². The van der Waals surface area contributed by atoms with E-state index in [1.54, 1.807) is 4.90 Å². The molecule has 3 heterocycles. The molecule has 0 saturated carbocycles. The van der Waals surface area contributed by atoms with E-state index in [-0.39, 0.29) is 53.2 Å². The normalized spacial score (nSPS) is 23.5. The van der Waals surface area contributed by atoms with Gasteiger partial charge in [-0.2, -0.15) is 0 Å². The first-order valence-electron chi connectivity index (χ1n) is 10.9. The number of halogens is 3. The number of aromatic nitrogens is 2. The molecule has 4 rings (SSSR count). The number of benzene rings is 1. The predicted molar refractivity (Wildman–Crippen MR) is 113 cm³/mol. The van der Waals surface area contributed by atoms with Crippen LogP contribution in [0.25, 0.3) is 0 Å². The molecule has 2 aromatic rings. The minimum absolute atomic E-state index is 0.0134. The van der Waals surface area contributed by atoms with Gasteiger partial charge in [-0.05, 0) is 55.7 Å². The molecule has 178 valence electrons. The Morgan fingerprint density at radius 3 is 2.30 bits per heavy atom. The van der Waals surface area contributed by atoms with Crippen molar-refractivity contribution in [2.75, 3.05) is 5.75 Å². The highest BCUT2D eigenvalue weighted by Gasteiger charge is 2.44. The van der Waals surface area contributed by atoms with E-state index in [0.29, 0.717) is 18.9 Å². The summed E-state index contributed by atoms with van der Waals surface area (Å²) in [6.07, 6.45) is 5.35. The molecule has 7 nitrogen and oxygen atoms in total. The first-order chi connectivity index (χ1) is 15.7. The Labute approximate surface area is 190 Å². The maximum Gasteiger partial charge on any atom is 0.247 e. The number of amides is 1. The molecule has 2 N–H and O–H groups in total. The van der Waals surface area contributed by atoms with Crippen molar-refractivity contribution < 1.29 is 26.4 Å². The number of sulfone groups is 1. The van der Waals surface area contributed by atoms with Gasteiger partial charge in [0.2, 0.25) is 20.9 Å². The molecule has 2 aliphatic rings. The highest BCUT2D eigenvalue weighted by molar-refractivity contribution is 7.91. The number of fused-ring (bicyclic) bond motifs is 2. The van der Waals surface area contributed by atoms with E-state index in [0.717, 1.165) is 18.9 Å². The number of hydrogen-bond acceptors (Lipinski definition) is 6. The predicted octanol–water partition coefficient (Wildman–Crippen LogP) is 2.40. The molecule has 2 fully saturated rings. The van der Waals surface area contributed by atoms with Crippen LogP contribution in [0.3, 0.4) is 0 Å². The minimum Gasteiger partial charge on any atom is -0.337 e. The summed E-state index contributed by atoms with van der Waals surface area (Å²) in [5.41, 5.74) is 6.34. The third-order valence-electron chi connectivity index (χ3n) is 6.61. The summed E-state index contributed by atoms with van der Waals surface area (Å²) in [5.74, 6) is -3.81. The van der Waals surface area contributed by atoms with Crippen molar-refractivity contribution in [2.24, 2.45) is 11.7 Å². The van der Waals surface area contributed by atoms with Crippen molar-refractivity contribution in [3.05, 3.63) is 53.6 Å². The number of carbonyl (C=O) groups is 1. The van der Waals surface area contributed by atoms with Gasteiger partial charge < -0.3 is 10.6 Å². The van der Waals surface area contributed by atoms with Gasteiger partial charge in [-0.3, -0.25) is 4.79 Å². The van der Waals surface area contributed by atoms with Crippen LogP contribution in [-0.2, 0) is 21.1 Å². The van der Waals surface area contributed by atoms with Crippen LogP contribution in [0.1, 0.15) is 37.7 Å². The maximum atomic E-state index is 14.0. The highest BCUT2D eigenvalue weighted by atomic mass is 32.2. The Kier molecular flexibility index (Phi) is 6.71. The number of carbonyl (C=O) groups excluding carboxylic acids is 1. The fraction of sp³-hybridized carbons (Fsp3) is 0.500. The number of rotatable bonds is 7.